The van der Waals surface area contributed by atoms with Gasteiger partial charge < -0.3 is 19.9 Å². The third-order valence-electron chi connectivity index (χ3n) is 3.70. The Morgan fingerprint density at radius 3 is 3.09 bits per heavy atom. The lowest BCUT2D eigenvalue weighted by molar-refractivity contribution is 0.205. The molecule has 0 saturated carbocycles. The summed E-state index contributed by atoms with van der Waals surface area (Å²) < 4.78 is 5.21. The number of ether oxygens (including phenoxy) is 1. The van der Waals surface area contributed by atoms with Crippen LogP contribution in [0.25, 0.3) is 0 Å². The Bertz CT molecular complexity index is 806. The minimum absolute atomic E-state index is 0.147. The average molecular weight is 335 g/mol. The van der Waals surface area contributed by atoms with E-state index in [0.717, 1.165) is 0 Å². The lowest BCUT2D eigenvalue weighted by Crippen LogP contribution is -2.41. The lowest BCUT2D eigenvalue weighted by Gasteiger charge is -2.27. The Balaban J connectivity index is 1.78. The van der Waals surface area contributed by atoms with Gasteiger partial charge in [0.1, 0.15) is 5.75 Å². The normalized spacial score (nSPS) is 13.4. The van der Waals surface area contributed by atoms with Crippen molar-refractivity contribution in [3.63, 3.8) is 0 Å². The second-order valence-electron chi connectivity index (χ2n) is 5.10. The number of fused-ring (bicyclic) bond motifs is 1. The maximum Gasteiger partial charge on any atom is 0.322 e. The van der Waals surface area contributed by atoms with Crippen LogP contribution < -0.4 is 15.6 Å². The molecule has 2 heterocycles. The highest BCUT2D eigenvalue weighted by atomic mass is 35.5. The molecule has 1 aliphatic heterocycles. The molecule has 7 nitrogen and oxygen atoms in total. The van der Waals surface area contributed by atoms with E-state index in [1.54, 1.807) is 23.1 Å². The number of amides is 2. The predicted octanol–water partition coefficient (Wildman–Crippen LogP) is 2.02. The Labute approximate surface area is 137 Å². The Kier molecular flexibility index (Phi) is 4.20. The van der Waals surface area contributed by atoms with Gasteiger partial charge in [0.2, 0.25) is 0 Å². The number of H-pyrrole nitrogens is 1. The maximum absolute atomic E-state index is 12.4. The van der Waals surface area contributed by atoms with E-state index in [0.29, 0.717) is 40.7 Å². The standard InChI is InChI=1S/C15H15ClN4O3/c1-23-13-3-2-9(16)6-11(13)19-15(22)20-5-4-10-12(7-20)17-8-18-14(10)21/h2-3,6,8H,4-5,7H2,1H3,(H,19,22)(H,17,18,21). The van der Waals surface area contributed by atoms with Gasteiger partial charge in [0.15, 0.2) is 0 Å². The molecule has 2 aromatic rings. The molecule has 0 bridgehead atoms. The molecule has 0 fully saturated rings. The van der Waals surface area contributed by atoms with Crippen LogP contribution in [0.5, 0.6) is 5.75 Å². The van der Waals surface area contributed by atoms with Crippen LogP contribution in [-0.4, -0.2) is 34.6 Å². The Morgan fingerprint density at radius 2 is 2.30 bits per heavy atom. The lowest BCUT2D eigenvalue weighted by atomic mass is 10.1. The SMILES string of the molecule is COc1ccc(Cl)cc1NC(=O)N1CCc2c(nc[nH]c2=O)C1. The van der Waals surface area contributed by atoms with E-state index in [-0.39, 0.29) is 18.1 Å². The first-order chi connectivity index (χ1) is 11.1. The summed E-state index contributed by atoms with van der Waals surface area (Å²) in [5, 5.41) is 3.28. The second-order valence-corrected chi connectivity index (χ2v) is 5.54. The maximum atomic E-state index is 12.4. The summed E-state index contributed by atoms with van der Waals surface area (Å²) in [6.07, 6.45) is 1.82. The second kappa shape index (κ2) is 6.29. The van der Waals surface area contributed by atoms with Crippen LogP contribution >= 0.6 is 11.6 Å². The molecule has 2 amide bonds. The van der Waals surface area contributed by atoms with Gasteiger partial charge in [0.05, 0.1) is 31.4 Å². The molecule has 1 aromatic heterocycles. The van der Waals surface area contributed by atoms with E-state index in [1.165, 1.54) is 13.4 Å². The van der Waals surface area contributed by atoms with Gasteiger partial charge in [-0.15, -0.1) is 0 Å². The Hall–Kier alpha value is -2.54. The molecule has 1 aromatic carbocycles. The number of carbonyl (C=O) groups excluding carboxylic acids is 1. The van der Waals surface area contributed by atoms with E-state index in [9.17, 15) is 9.59 Å². The van der Waals surface area contributed by atoms with Crippen LogP contribution in [0.4, 0.5) is 10.5 Å². The first-order valence-electron chi connectivity index (χ1n) is 7.03. The summed E-state index contributed by atoms with van der Waals surface area (Å²) in [7, 11) is 1.52. The van der Waals surface area contributed by atoms with Gasteiger partial charge in [-0.1, -0.05) is 11.6 Å². The minimum Gasteiger partial charge on any atom is -0.495 e. The molecule has 0 atom stereocenters. The summed E-state index contributed by atoms with van der Waals surface area (Å²) in [5.74, 6) is 0.523. The number of hydrogen-bond donors (Lipinski definition) is 2. The van der Waals surface area contributed by atoms with Crippen LogP contribution in [0.15, 0.2) is 29.3 Å². The summed E-state index contributed by atoms with van der Waals surface area (Å²) in [6, 6.07) is 4.70. The largest absolute Gasteiger partial charge is 0.495 e. The molecule has 0 aliphatic carbocycles. The van der Waals surface area contributed by atoms with Crippen LogP contribution in [0, 0.1) is 0 Å². The van der Waals surface area contributed by atoms with Crippen molar-refractivity contribution in [1.82, 2.24) is 14.9 Å². The molecular formula is C15H15ClN4O3. The third-order valence-corrected chi connectivity index (χ3v) is 3.94. The summed E-state index contributed by atoms with van der Waals surface area (Å²) in [4.78, 5) is 32.4. The number of carbonyl (C=O) groups is 1. The minimum atomic E-state index is -0.293. The fourth-order valence-corrected chi connectivity index (χ4v) is 2.68. The fraction of sp³-hybridized carbons (Fsp3) is 0.267. The number of anilines is 1. The van der Waals surface area contributed by atoms with Crippen molar-refractivity contribution >= 4 is 23.3 Å². The Morgan fingerprint density at radius 1 is 1.48 bits per heavy atom. The average Bonchev–Trinajstić information content (AvgIpc) is 2.55. The van der Waals surface area contributed by atoms with Gasteiger partial charge >= 0.3 is 6.03 Å². The number of urea groups is 1. The van der Waals surface area contributed by atoms with Crippen molar-refractivity contribution in [2.75, 3.05) is 19.0 Å². The number of nitrogens with zero attached hydrogens (tertiary/aromatic N) is 2. The highest BCUT2D eigenvalue weighted by Gasteiger charge is 2.24. The van der Waals surface area contributed by atoms with Gasteiger partial charge in [0.25, 0.3) is 5.56 Å². The zero-order valence-corrected chi connectivity index (χ0v) is 13.2. The van der Waals surface area contributed by atoms with E-state index in [2.05, 4.69) is 15.3 Å². The highest BCUT2D eigenvalue weighted by molar-refractivity contribution is 6.31. The van der Waals surface area contributed by atoms with Crippen molar-refractivity contribution in [2.24, 2.45) is 0 Å². The van der Waals surface area contributed by atoms with Gasteiger partial charge in [0, 0.05) is 17.1 Å². The number of aromatic amines is 1. The number of rotatable bonds is 2. The number of methoxy groups -OCH3 is 1. The summed E-state index contributed by atoms with van der Waals surface area (Å²) in [5.41, 5.74) is 1.60. The quantitative estimate of drug-likeness (QED) is 0.879. The predicted molar refractivity (Wildman–Crippen MR) is 86.0 cm³/mol. The molecule has 0 spiro atoms. The van der Waals surface area contributed by atoms with Crippen LogP contribution in [-0.2, 0) is 13.0 Å². The molecule has 0 saturated heterocycles. The summed E-state index contributed by atoms with van der Waals surface area (Å²) in [6.45, 7) is 0.727. The van der Waals surface area contributed by atoms with Gasteiger partial charge in [-0.3, -0.25) is 4.79 Å². The summed E-state index contributed by atoms with van der Waals surface area (Å²) >= 11 is 5.96. The first-order valence-corrected chi connectivity index (χ1v) is 7.41. The number of benzene rings is 1. The van der Waals surface area contributed by atoms with Crippen molar-refractivity contribution in [3.05, 3.63) is 51.2 Å². The van der Waals surface area contributed by atoms with Crippen molar-refractivity contribution in [2.45, 2.75) is 13.0 Å². The highest BCUT2D eigenvalue weighted by Crippen LogP contribution is 2.28. The van der Waals surface area contributed by atoms with E-state index < -0.39 is 0 Å². The monoisotopic (exact) mass is 334 g/mol. The zero-order chi connectivity index (χ0) is 16.4. The van der Waals surface area contributed by atoms with Crippen molar-refractivity contribution in [3.8, 4) is 5.75 Å². The topological polar surface area (TPSA) is 87.3 Å². The van der Waals surface area contributed by atoms with Crippen molar-refractivity contribution < 1.29 is 9.53 Å². The smallest absolute Gasteiger partial charge is 0.322 e. The number of hydrogen-bond acceptors (Lipinski definition) is 4. The van der Waals surface area contributed by atoms with Crippen molar-refractivity contribution in [1.29, 1.82) is 0 Å². The molecule has 0 unspecified atom stereocenters. The van der Waals surface area contributed by atoms with Gasteiger partial charge in [-0.25, -0.2) is 9.78 Å². The van der Waals surface area contributed by atoms with E-state index in [4.69, 9.17) is 16.3 Å². The number of nitrogens with one attached hydrogen (secondary N) is 2. The molecular weight excluding hydrogens is 320 g/mol. The van der Waals surface area contributed by atoms with Crippen LogP contribution in [0.2, 0.25) is 5.02 Å². The molecule has 1 aliphatic rings. The molecule has 8 heteroatoms. The van der Waals surface area contributed by atoms with E-state index in [1.807, 2.05) is 0 Å². The molecule has 120 valence electrons. The fourth-order valence-electron chi connectivity index (χ4n) is 2.51. The van der Waals surface area contributed by atoms with Gasteiger partial charge in [-0.2, -0.15) is 0 Å². The number of aromatic nitrogens is 2. The van der Waals surface area contributed by atoms with Gasteiger partial charge in [-0.05, 0) is 24.6 Å². The zero-order valence-electron chi connectivity index (χ0n) is 12.4. The molecule has 3 rings (SSSR count). The first kappa shape index (κ1) is 15.4. The molecule has 23 heavy (non-hydrogen) atoms. The van der Waals surface area contributed by atoms with Crippen LogP contribution in [0.3, 0.4) is 0 Å². The van der Waals surface area contributed by atoms with E-state index >= 15 is 0 Å². The molecule has 0 radical (unpaired) electrons. The number of halogens is 1. The molecule has 2 N–H and O–H groups in total. The van der Waals surface area contributed by atoms with Crippen LogP contribution in [0.1, 0.15) is 11.3 Å². The third kappa shape index (κ3) is 3.14.